The Morgan fingerprint density at radius 3 is 1.82 bits per heavy atom. The smallest absolute Gasteiger partial charge is 0.231 e. The molecule has 192 valence electrons. The van der Waals surface area contributed by atoms with Gasteiger partial charge in [-0.15, -0.1) is 0 Å². The summed E-state index contributed by atoms with van der Waals surface area (Å²) in [7, 11) is 0. The Bertz CT molecular complexity index is 838. The lowest BCUT2D eigenvalue weighted by Crippen LogP contribution is -2.60. The third-order valence-electron chi connectivity index (χ3n) is 6.41. The number of aryl methyl sites for hydroxylation is 1. The summed E-state index contributed by atoms with van der Waals surface area (Å²) in [6.45, 7) is -1.22. The van der Waals surface area contributed by atoms with Gasteiger partial charge in [0.15, 0.2) is 0 Å². The van der Waals surface area contributed by atoms with E-state index in [0.29, 0.717) is 18.5 Å². The molecule has 3 heterocycles. The van der Waals surface area contributed by atoms with Crippen molar-refractivity contribution in [2.45, 2.75) is 87.1 Å². The lowest BCUT2D eigenvalue weighted by atomic mass is 9.95. The lowest BCUT2D eigenvalue weighted by molar-refractivity contribution is -0.279. The Morgan fingerprint density at radius 1 is 0.735 bits per heavy atom. The minimum absolute atomic E-state index is 0.0513. The molecule has 0 aromatic carbocycles. The van der Waals surface area contributed by atoms with Gasteiger partial charge in [0, 0.05) is 11.6 Å². The summed E-state index contributed by atoms with van der Waals surface area (Å²) in [6, 6.07) is 1.37. The molecule has 0 saturated carbocycles. The molecule has 0 amide bonds. The number of fused-ring (bicyclic) bond motifs is 1. The van der Waals surface area contributed by atoms with Crippen LogP contribution in [0.4, 0.5) is 0 Å². The van der Waals surface area contributed by atoms with Crippen LogP contribution in [0.15, 0.2) is 6.07 Å². The number of aliphatic hydroxyl groups excluding tert-OH is 8. The molecule has 1 aromatic heterocycles. The zero-order valence-electron chi connectivity index (χ0n) is 18.3. The van der Waals surface area contributed by atoms with Gasteiger partial charge in [0.1, 0.15) is 54.6 Å². The maximum Gasteiger partial charge on any atom is 0.231 e. The van der Waals surface area contributed by atoms with E-state index in [0.717, 1.165) is 18.4 Å². The number of ether oxygens (including phenoxy) is 4. The fourth-order valence-electron chi connectivity index (χ4n) is 4.38. The van der Waals surface area contributed by atoms with Gasteiger partial charge in [-0.05, 0) is 25.7 Å². The molecule has 2 saturated heterocycles. The fraction of sp³-hybridized carbons (Fsp3) is 0.762. The van der Waals surface area contributed by atoms with E-state index < -0.39 is 74.6 Å². The number of hydrogen-bond donors (Lipinski definition) is 8. The van der Waals surface area contributed by atoms with Crippen LogP contribution in [0, 0.1) is 0 Å². The van der Waals surface area contributed by atoms with E-state index in [-0.39, 0.29) is 11.6 Å². The highest BCUT2D eigenvalue weighted by Crippen LogP contribution is 2.35. The molecule has 13 nitrogen and oxygen atoms in total. The third kappa shape index (κ3) is 4.86. The number of pyridine rings is 1. The molecular formula is C21H31NO12. The molecule has 1 aliphatic carbocycles. The van der Waals surface area contributed by atoms with Gasteiger partial charge in [-0.1, -0.05) is 0 Å². The molecule has 4 rings (SSSR count). The van der Waals surface area contributed by atoms with Crippen LogP contribution in [0.5, 0.6) is 11.6 Å². The maximum absolute atomic E-state index is 10.3. The van der Waals surface area contributed by atoms with E-state index in [1.165, 1.54) is 6.07 Å². The van der Waals surface area contributed by atoms with Crippen molar-refractivity contribution < 1.29 is 59.8 Å². The van der Waals surface area contributed by atoms with E-state index >= 15 is 0 Å². The summed E-state index contributed by atoms with van der Waals surface area (Å²) >= 11 is 0. The van der Waals surface area contributed by atoms with Gasteiger partial charge in [-0.2, -0.15) is 0 Å². The van der Waals surface area contributed by atoms with Crippen LogP contribution < -0.4 is 9.47 Å². The average molecular weight is 489 g/mol. The van der Waals surface area contributed by atoms with E-state index in [2.05, 4.69) is 4.98 Å². The summed E-state index contributed by atoms with van der Waals surface area (Å²) < 4.78 is 22.3. The summed E-state index contributed by atoms with van der Waals surface area (Å²) in [5, 5.41) is 79.4. The van der Waals surface area contributed by atoms with Crippen LogP contribution in [0.1, 0.15) is 24.1 Å². The van der Waals surface area contributed by atoms with Crippen molar-refractivity contribution in [3.8, 4) is 11.6 Å². The molecule has 10 atom stereocenters. The standard InChI is InChI=1S/C21H31NO12/c23-6-11-14(25)16(27)18(29)20(32-11)31-10-5-13(22-9-4-2-1-3-8(9)10)34-21-19(30)17(28)15(26)12(7-24)33-21/h5,11-12,14-21,23-30H,1-4,6-7H2/t11?,12?,14-,15-,16+,17+,18?,19?,20-,21+/m1/s1. The number of hydrogen-bond acceptors (Lipinski definition) is 13. The van der Waals surface area contributed by atoms with Crippen LogP contribution in [0.2, 0.25) is 0 Å². The quantitative estimate of drug-likeness (QED) is 0.194. The van der Waals surface area contributed by atoms with Gasteiger partial charge in [0.05, 0.1) is 18.9 Å². The highest BCUT2D eigenvalue weighted by molar-refractivity contribution is 5.42. The first-order valence-corrected chi connectivity index (χ1v) is 11.2. The first-order chi connectivity index (χ1) is 16.2. The number of aromatic nitrogens is 1. The lowest BCUT2D eigenvalue weighted by Gasteiger charge is -2.40. The summed E-state index contributed by atoms with van der Waals surface area (Å²) in [5.74, 6) is 0.165. The second-order valence-electron chi connectivity index (χ2n) is 8.72. The highest BCUT2D eigenvalue weighted by atomic mass is 16.7. The zero-order valence-corrected chi connectivity index (χ0v) is 18.3. The molecule has 2 aliphatic heterocycles. The van der Waals surface area contributed by atoms with Crippen molar-refractivity contribution in [2.24, 2.45) is 0 Å². The second-order valence-corrected chi connectivity index (χ2v) is 8.72. The Labute approximate surface area is 194 Å². The van der Waals surface area contributed by atoms with Gasteiger partial charge < -0.3 is 59.8 Å². The second kappa shape index (κ2) is 10.5. The van der Waals surface area contributed by atoms with Crippen molar-refractivity contribution in [3.05, 3.63) is 17.3 Å². The van der Waals surface area contributed by atoms with Crippen LogP contribution in [-0.2, 0) is 22.3 Å². The normalized spacial score (nSPS) is 40.5. The number of aliphatic hydroxyl groups is 8. The van der Waals surface area contributed by atoms with Crippen LogP contribution in [0.25, 0.3) is 0 Å². The molecule has 34 heavy (non-hydrogen) atoms. The number of rotatable bonds is 6. The Morgan fingerprint density at radius 2 is 1.26 bits per heavy atom. The van der Waals surface area contributed by atoms with Crippen molar-refractivity contribution in [1.29, 1.82) is 0 Å². The molecule has 13 heteroatoms. The van der Waals surface area contributed by atoms with Gasteiger partial charge in [-0.3, -0.25) is 0 Å². The topological polar surface area (TPSA) is 212 Å². The number of nitrogens with zero attached hydrogens (tertiary/aromatic N) is 1. The largest absolute Gasteiger partial charge is 0.461 e. The van der Waals surface area contributed by atoms with Gasteiger partial charge in [0.2, 0.25) is 18.5 Å². The van der Waals surface area contributed by atoms with Gasteiger partial charge >= 0.3 is 0 Å². The SMILES string of the molecule is OCC1O[C@@H](Oc2cc(O[C@@H]3OC(CO)[C@@H](O)[C@H](O)C3O)c3c(n2)CCCC3)C(O)[C@@H](O)[C@@H]1O. The zero-order chi connectivity index (χ0) is 24.6. The van der Waals surface area contributed by atoms with E-state index in [4.69, 9.17) is 18.9 Å². The minimum atomic E-state index is -1.63. The first-order valence-electron chi connectivity index (χ1n) is 11.2. The van der Waals surface area contributed by atoms with Crippen LogP contribution >= 0.6 is 0 Å². The average Bonchev–Trinajstić information content (AvgIpc) is 2.84. The molecule has 2 fully saturated rings. The van der Waals surface area contributed by atoms with Crippen molar-refractivity contribution >= 4 is 0 Å². The molecule has 1 aromatic rings. The van der Waals surface area contributed by atoms with Gasteiger partial charge in [0.25, 0.3) is 0 Å². The molecule has 0 radical (unpaired) electrons. The first kappa shape index (κ1) is 25.4. The van der Waals surface area contributed by atoms with Crippen molar-refractivity contribution in [2.75, 3.05) is 13.2 Å². The maximum atomic E-state index is 10.3. The van der Waals surface area contributed by atoms with Crippen molar-refractivity contribution in [1.82, 2.24) is 4.98 Å². The van der Waals surface area contributed by atoms with E-state index in [1.54, 1.807) is 0 Å². The minimum Gasteiger partial charge on any atom is -0.461 e. The predicted molar refractivity (Wildman–Crippen MR) is 110 cm³/mol. The molecule has 8 N–H and O–H groups in total. The summed E-state index contributed by atoms with van der Waals surface area (Å²) in [6.07, 6.45) is -11.8. The Hall–Kier alpha value is -1.65. The molecular weight excluding hydrogens is 458 g/mol. The molecule has 0 bridgehead atoms. The monoisotopic (exact) mass is 489 g/mol. The third-order valence-corrected chi connectivity index (χ3v) is 6.41. The highest BCUT2D eigenvalue weighted by Gasteiger charge is 2.46. The molecule has 0 spiro atoms. The molecule has 4 unspecified atom stereocenters. The predicted octanol–water partition coefficient (Wildman–Crippen LogP) is -3.68. The van der Waals surface area contributed by atoms with Gasteiger partial charge in [-0.25, -0.2) is 4.98 Å². The Balaban J connectivity index is 1.59. The van der Waals surface area contributed by atoms with Crippen LogP contribution in [0.3, 0.4) is 0 Å². The van der Waals surface area contributed by atoms with Crippen molar-refractivity contribution in [3.63, 3.8) is 0 Å². The summed E-state index contributed by atoms with van der Waals surface area (Å²) in [5.41, 5.74) is 1.36. The van der Waals surface area contributed by atoms with E-state index in [9.17, 15) is 40.9 Å². The summed E-state index contributed by atoms with van der Waals surface area (Å²) in [4.78, 5) is 4.43. The van der Waals surface area contributed by atoms with Crippen LogP contribution in [-0.4, -0.2) is 120 Å². The van der Waals surface area contributed by atoms with E-state index in [1.807, 2.05) is 0 Å². The fourth-order valence-corrected chi connectivity index (χ4v) is 4.38. The Kier molecular flexibility index (Phi) is 7.89. The molecule has 3 aliphatic rings.